The van der Waals surface area contributed by atoms with Gasteiger partial charge < -0.3 is 15.5 Å². The Bertz CT molecular complexity index is 1160. The number of aromatic nitrogens is 2. The predicted octanol–water partition coefficient (Wildman–Crippen LogP) is 5.45. The minimum absolute atomic E-state index is 0.0490. The maximum Gasteiger partial charge on any atom is 0.322 e. The number of carbonyl (C=O) groups excluding carboxylic acids is 2. The summed E-state index contributed by atoms with van der Waals surface area (Å²) >= 11 is 6.36. The van der Waals surface area contributed by atoms with Crippen LogP contribution in [0.15, 0.2) is 54.6 Å². The molecule has 9 heteroatoms. The molecule has 0 radical (unpaired) electrons. The number of benzene rings is 2. The first-order valence-electron chi connectivity index (χ1n) is 10.6. The van der Waals surface area contributed by atoms with E-state index in [0.717, 1.165) is 5.69 Å². The summed E-state index contributed by atoms with van der Waals surface area (Å²) < 4.78 is 15.5. The highest BCUT2D eigenvalue weighted by molar-refractivity contribution is 6.32. The van der Waals surface area contributed by atoms with Crippen molar-refractivity contribution < 1.29 is 14.0 Å². The maximum absolute atomic E-state index is 13.9. The standard InChI is InChI=1S/C24H27ClFN5O2/c1-5-30(23(33)27-18-12-8-7-11-17(18)26)15-22(32)28-21-14-20(24(2,3)4)29-31(21)19-13-9-6-10-16(19)25/h6-14H,5,15H2,1-4H3,(H,27,33)(H,28,32). The highest BCUT2D eigenvalue weighted by atomic mass is 35.5. The van der Waals surface area contributed by atoms with Crippen LogP contribution in [0.3, 0.4) is 0 Å². The molecule has 0 aliphatic carbocycles. The number of hydrogen-bond donors (Lipinski definition) is 2. The second kappa shape index (κ2) is 10.0. The van der Waals surface area contributed by atoms with Crippen molar-refractivity contribution in [3.63, 3.8) is 0 Å². The fourth-order valence-electron chi connectivity index (χ4n) is 3.08. The molecule has 3 rings (SSSR count). The van der Waals surface area contributed by atoms with Gasteiger partial charge in [0.05, 0.1) is 22.1 Å². The molecule has 33 heavy (non-hydrogen) atoms. The number of likely N-dealkylation sites (N-methyl/N-ethyl adjacent to an activating group) is 1. The second-order valence-corrected chi connectivity index (χ2v) is 8.91. The number of halogens is 2. The van der Waals surface area contributed by atoms with Crippen LogP contribution in [0, 0.1) is 5.82 Å². The fourth-order valence-corrected chi connectivity index (χ4v) is 3.30. The molecular weight excluding hydrogens is 445 g/mol. The van der Waals surface area contributed by atoms with Crippen LogP contribution >= 0.6 is 11.6 Å². The third-order valence-corrected chi connectivity index (χ3v) is 5.26. The van der Waals surface area contributed by atoms with Crippen molar-refractivity contribution in [1.82, 2.24) is 14.7 Å². The third kappa shape index (κ3) is 5.90. The summed E-state index contributed by atoms with van der Waals surface area (Å²) in [7, 11) is 0. The molecule has 3 amide bonds. The lowest BCUT2D eigenvalue weighted by Gasteiger charge is -2.21. The number of rotatable bonds is 6. The molecule has 0 fully saturated rings. The molecule has 3 aromatic rings. The van der Waals surface area contributed by atoms with Gasteiger partial charge in [-0.15, -0.1) is 0 Å². The van der Waals surface area contributed by atoms with Crippen LogP contribution in [0.25, 0.3) is 5.69 Å². The highest BCUT2D eigenvalue weighted by Crippen LogP contribution is 2.29. The Labute approximate surface area is 197 Å². The molecule has 1 aromatic heterocycles. The van der Waals surface area contributed by atoms with Gasteiger partial charge in [-0.1, -0.05) is 56.6 Å². The first-order valence-corrected chi connectivity index (χ1v) is 10.9. The zero-order valence-electron chi connectivity index (χ0n) is 19.0. The molecule has 174 valence electrons. The highest BCUT2D eigenvalue weighted by Gasteiger charge is 2.23. The van der Waals surface area contributed by atoms with Gasteiger partial charge in [-0.25, -0.2) is 13.9 Å². The Morgan fingerprint density at radius 2 is 1.76 bits per heavy atom. The number of anilines is 2. The monoisotopic (exact) mass is 471 g/mol. The minimum Gasteiger partial charge on any atom is -0.315 e. The smallest absolute Gasteiger partial charge is 0.315 e. The molecule has 2 N–H and O–H groups in total. The zero-order valence-corrected chi connectivity index (χ0v) is 19.8. The number of amides is 3. The number of nitrogens with one attached hydrogen (secondary N) is 2. The van der Waals surface area contributed by atoms with Gasteiger partial charge in [-0.3, -0.25) is 4.79 Å². The maximum atomic E-state index is 13.9. The van der Waals surface area contributed by atoms with E-state index in [2.05, 4.69) is 15.7 Å². The van der Waals surface area contributed by atoms with Gasteiger partial charge in [-0.05, 0) is 31.2 Å². The Morgan fingerprint density at radius 1 is 1.09 bits per heavy atom. The first kappa shape index (κ1) is 24.3. The molecule has 0 aliphatic rings. The summed E-state index contributed by atoms with van der Waals surface area (Å²) in [6.45, 7) is 7.82. The van der Waals surface area contributed by atoms with Crippen LogP contribution in [0.4, 0.5) is 20.7 Å². The van der Waals surface area contributed by atoms with Gasteiger partial charge in [0.1, 0.15) is 18.2 Å². The summed E-state index contributed by atoms with van der Waals surface area (Å²) in [6.07, 6.45) is 0. The van der Waals surface area contributed by atoms with E-state index in [1.54, 1.807) is 35.9 Å². The average Bonchev–Trinajstić information content (AvgIpc) is 3.18. The largest absolute Gasteiger partial charge is 0.322 e. The van der Waals surface area contributed by atoms with Crippen LogP contribution in [-0.2, 0) is 10.2 Å². The molecule has 0 spiro atoms. The van der Waals surface area contributed by atoms with E-state index in [4.69, 9.17) is 11.6 Å². The molecule has 1 heterocycles. The summed E-state index contributed by atoms with van der Waals surface area (Å²) in [5.41, 5.74) is 1.17. The van der Waals surface area contributed by atoms with Crippen LogP contribution in [0.1, 0.15) is 33.4 Å². The lowest BCUT2D eigenvalue weighted by atomic mass is 9.92. The van der Waals surface area contributed by atoms with Gasteiger partial charge in [0.25, 0.3) is 0 Å². The molecule has 7 nitrogen and oxygen atoms in total. The quantitative estimate of drug-likeness (QED) is 0.501. The SMILES string of the molecule is CCN(CC(=O)Nc1cc(C(C)(C)C)nn1-c1ccccc1Cl)C(=O)Nc1ccccc1F. The third-order valence-electron chi connectivity index (χ3n) is 4.94. The lowest BCUT2D eigenvalue weighted by Crippen LogP contribution is -2.40. The second-order valence-electron chi connectivity index (χ2n) is 8.50. The topological polar surface area (TPSA) is 79.3 Å². The summed E-state index contributed by atoms with van der Waals surface area (Å²) in [4.78, 5) is 26.7. The minimum atomic E-state index is -0.576. The van der Waals surface area contributed by atoms with Crippen molar-refractivity contribution in [2.75, 3.05) is 23.7 Å². The van der Waals surface area contributed by atoms with Crippen molar-refractivity contribution in [1.29, 1.82) is 0 Å². The summed E-state index contributed by atoms with van der Waals surface area (Å²) in [5, 5.41) is 10.5. The van der Waals surface area contributed by atoms with E-state index in [9.17, 15) is 14.0 Å². The summed E-state index contributed by atoms with van der Waals surface area (Å²) in [6, 6.07) is 14.3. The van der Waals surface area contributed by atoms with Crippen LogP contribution in [0.5, 0.6) is 0 Å². The zero-order chi connectivity index (χ0) is 24.2. The number of hydrogen-bond acceptors (Lipinski definition) is 3. The van der Waals surface area contributed by atoms with Crippen molar-refractivity contribution in [3.8, 4) is 5.69 Å². The van der Waals surface area contributed by atoms with Gasteiger partial charge in [0.15, 0.2) is 0 Å². The van der Waals surface area contributed by atoms with Crippen LogP contribution in [-0.4, -0.2) is 39.7 Å². The van der Waals surface area contributed by atoms with Crippen molar-refractivity contribution >= 4 is 35.0 Å². The van der Waals surface area contributed by atoms with E-state index in [1.807, 2.05) is 32.9 Å². The van der Waals surface area contributed by atoms with E-state index in [0.29, 0.717) is 16.5 Å². The predicted molar refractivity (Wildman–Crippen MR) is 129 cm³/mol. The molecule has 0 aliphatic heterocycles. The van der Waals surface area contributed by atoms with Crippen LogP contribution in [0.2, 0.25) is 5.02 Å². The van der Waals surface area contributed by atoms with Gasteiger partial charge >= 0.3 is 6.03 Å². The fraction of sp³-hybridized carbons (Fsp3) is 0.292. The van der Waals surface area contributed by atoms with Crippen molar-refractivity contribution in [2.45, 2.75) is 33.1 Å². The lowest BCUT2D eigenvalue weighted by molar-refractivity contribution is -0.116. The normalized spacial score (nSPS) is 11.2. The Kier molecular flexibility index (Phi) is 7.38. The first-order chi connectivity index (χ1) is 15.6. The molecule has 0 saturated heterocycles. The number of nitrogens with zero attached hydrogens (tertiary/aromatic N) is 3. The molecule has 2 aromatic carbocycles. The summed E-state index contributed by atoms with van der Waals surface area (Å²) in [5.74, 6) is -0.539. The average molecular weight is 472 g/mol. The van der Waals surface area contributed by atoms with E-state index >= 15 is 0 Å². The van der Waals surface area contributed by atoms with Gasteiger partial charge in [-0.2, -0.15) is 5.10 Å². The molecule has 0 bridgehead atoms. The van der Waals surface area contributed by atoms with Crippen LogP contribution < -0.4 is 10.6 Å². The van der Waals surface area contributed by atoms with E-state index in [1.165, 1.54) is 23.1 Å². The van der Waals surface area contributed by atoms with E-state index < -0.39 is 17.8 Å². The number of urea groups is 1. The number of carbonyl (C=O) groups is 2. The Balaban J connectivity index is 1.80. The molecule has 0 saturated carbocycles. The molecular formula is C24H27ClFN5O2. The van der Waals surface area contributed by atoms with Crippen molar-refractivity contribution in [2.24, 2.45) is 0 Å². The Morgan fingerprint density at radius 3 is 2.39 bits per heavy atom. The van der Waals surface area contributed by atoms with Crippen molar-refractivity contribution in [3.05, 3.63) is 71.1 Å². The molecule has 0 atom stereocenters. The molecule has 0 unspecified atom stereocenters. The van der Waals surface area contributed by atoms with E-state index in [-0.39, 0.29) is 24.2 Å². The van der Waals surface area contributed by atoms with Gasteiger partial charge in [0, 0.05) is 18.0 Å². The number of para-hydroxylation sites is 2. The Hall–Kier alpha value is -3.39. The van der Waals surface area contributed by atoms with Gasteiger partial charge in [0.2, 0.25) is 5.91 Å².